The topological polar surface area (TPSA) is 24.9 Å². The van der Waals surface area contributed by atoms with Crippen molar-refractivity contribution >= 4 is 54.9 Å². The number of anilines is 1. The van der Waals surface area contributed by atoms with E-state index in [0.29, 0.717) is 0 Å². The van der Waals surface area contributed by atoms with Crippen molar-refractivity contribution in [3.63, 3.8) is 0 Å². The Bertz CT molecular complexity index is 770. The van der Waals surface area contributed by atoms with E-state index in [-0.39, 0.29) is 6.04 Å². The van der Waals surface area contributed by atoms with Crippen LogP contribution in [0.5, 0.6) is 0 Å². The number of rotatable bonds is 4. The van der Waals surface area contributed by atoms with E-state index in [2.05, 4.69) is 75.8 Å². The third-order valence-corrected chi connectivity index (χ3v) is 5.77. The third-order valence-electron chi connectivity index (χ3n) is 3.28. The molecular formula is C16H15BrN2S2. The van der Waals surface area contributed by atoms with E-state index < -0.39 is 0 Å². The van der Waals surface area contributed by atoms with Crippen molar-refractivity contribution in [3.05, 3.63) is 52.5 Å². The first kappa shape index (κ1) is 14.9. The summed E-state index contributed by atoms with van der Waals surface area (Å²) in [5.41, 5.74) is 3.47. The largest absolute Gasteiger partial charge is 0.378 e. The lowest BCUT2D eigenvalue weighted by molar-refractivity contribution is 0.884. The minimum Gasteiger partial charge on any atom is -0.378 e. The molecule has 3 rings (SSSR count). The van der Waals surface area contributed by atoms with Crippen LogP contribution in [0.4, 0.5) is 5.69 Å². The fourth-order valence-corrected chi connectivity index (χ4v) is 4.14. The molecule has 0 aliphatic heterocycles. The standard InChI is InChI=1S/C16H15BrN2S2/c1-10(11-4-3-5-12(17)8-11)18-13-6-7-14-15(9-13)21-16(19-14)20-2/h3-10,18H,1-2H3. The van der Waals surface area contributed by atoms with E-state index in [1.807, 2.05) is 6.07 Å². The molecule has 0 fully saturated rings. The fraction of sp³-hybridized carbons (Fsp3) is 0.188. The van der Waals surface area contributed by atoms with Gasteiger partial charge in [0.15, 0.2) is 4.34 Å². The highest BCUT2D eigenvalue weighted by Gasteiger charge is 2.08. The van der Waals surface area contributed by atoms with Gasteiger partial charge in [-0.05, 0) is 49.1 Å². The van der Waals surface area contributed by atoms with Gasteiger partial charge >= 0.3 is 0 Å². The number of thiazole rings is 1. The Morgan fingerprint density at radius 3 is 2.86 bits per heavy atom. The van der Waals surface area contributed by atoms with E-state index >= 15 is 0 Å². The quantitative estimate of drug-likeness (QED) is 0.567. The first-order chi connectivity index (χ1) is 10.2. The second-order valence-corrected chi connectivity index (χ2v) is 7.79. The summed E-state index contributed by atoms with van der Waals surface area (Å²) < 4.78 is 3.45. The Balaban J connectivity index is 1.83. The molecule has 0 saturated heterocycles. The SMILES string of the molecule is CSc1nc2ccc(NC(C)c3cccc(Br)c3)cc2s1. The van der Waals surface area contributed by atoms with Crippen LogP contribution in [0.2, 0.25) is 0 Å². The molecule has 0 bridgehead atoms. The maximum Gasteiger partial charge on any atom is 0.150 e. The van der Waals surface area contributed by atoms with E-state index in [1.54, 1.807) is 23.1 Å². The smallest absolute Gasteiger partial charge is 0.150 e. The lowest BCUT2D eigenvalue weighted by Gasteiger charge is -2.16. The average Bonchev–Trinajstić information content (AvgIpc) is 2.89. The van der Waals surface area contributed by atoms with Gasteiger partial charge in [-0.3, -0.25) is 0 Å². The van der Waals surface area contributed by atoms with Gasteiger partial charge in [0.25, 0.3) is 0 Å². The molecule has 0 spiro atoms. The van der Waals surface area contributed by atoms with Crippen LogP contribution in [-0.2, 0) is 0 Å². The lowest BCUT2D eigenvalue weighted by atomic mass is 10.1. The molecule has 0 aliphatic rings. The predicted octanol–water partition coefficient (Wildman–Crippen LogP) is 5.95. The number of hydrogen-bond donors (Lipinski definition) is 1. The van der Waals surface area contributed by atoms with Crippen molar-refractivity contribution in [1.29, 1.82) is 0 Å². The first-order valence-corrected chi connectivity index (χ1v) is 9.46. The molecule has 0 radical (unpaired) electrons. The molecule has 1 atom stereocenters. The molecule has 1 heterocycles. The van der Waals surface area contributed by atoms with Gasteiger partial charge in [-0.2, -0.15) is 0 Å². The Morgan fingerprint density at radius 2 is 2.10 bits per heavy atom. The van der Waals surface area contributed by atoms with Crippen molar-refractivity contribution in [3.8, 4) is 0 Å². The summed E-state index contributed by atoms with van der Waals surface area (Å²) >= 11 is 6.96. The zero-order chi connectivity index (χ0) is 14.8. The Labute approximate surface area is 141 Å². The van der Waals surface area contributed by atoms with Crippen LogP contribution in [0.1, 0.15) is 18.5 Å². The number of aromatic nitrogens is 1. The number of thioether (sulfide) groups is 1. The maximum absolute atomic E-state index is 4.57. The second kappa shape index (κ2) is 6.38. The van der Waals surface area contributed by atoms with Gasteiger partial charge in [-0.25, -0.2) is 4.98 Å². The molecule has 3 aromatic rings. The number of hydrogen-bond acceptors (Lipinski definition) is 4. The molecule has 1 unspecified atom stereocenters. The number of nitrogens with zero attached hydrogens (tertiary/aromatic N) is 1. The molecule has 5 heteroatoms. The summed E-state index contributed by atoms with van der Waals surface area (Å²) in [5.74, 6) is 0. The van der Waals surface area contributed by atoms with Crippen molar-refractivity contribution in [1.82, 2.24) is 4.98 Å². The van der Waals surface area contributed by atoms with Crippen molar-refractivity contribution in [2.75, 3.05) is 11.6 Å². The highest BCUT2D eigenvalue weighted by atomic mass is 79.9. The Hall–Kier alpha value is -1.04. The predicted molar refractivity (Wildman–Crippen MR) is 97.6 cm³/mol. The molecule has 0 aliphatic carbocycles. The maximum atomic E-state index is 4.57. The van der Waals surface area contributed by atoms with E-state index in [0.717, 1.165) is 20.0 Å². The summed E-state index contributed by atoms with van der Waals surface area (Å²) in [4.78, 5) is 4.57. The van der Waals surface area contributed by atoms with Crippen LogP contribution in [0.3, 0.4) is 0 Å². The molecule has 1 N–H and O–H groups in total. The molecule has 1 aromatic heterocycles. The van der Waals surface area contributed by atoms with E-state index in [1.165, 1.54) is 10.3 Å². The monoisotopic (exact) mass is 378 g/mol. The highest BCUT2D eigenvalue weighted by Crippen LogP contribution is 2.31. The molecule has 21 heavy (non-hydrogen) atoms. The van der Waals surface area contributed by atoms with Crippen LogP contribution < -0.4 is 5.32 Å². The Morgan fingerprint density at radius 1 is 1.24 bits per heavy atom. The van der Waals surface area contributed by atoms with Gasteiger partial charge in [0.05, 0.1) is 10.2 Å². The van der Waals surface area contributed by atoms with Crippen molar-refractivity contribution in [2.45, 2.75) is 17.3 Å². The molecule has 0 amide bonds. The summed E-state index contributed by atoms with van der Waals surface area (Å²) in [6.07, 6.45) is 2.06. The molecule has 2 nitrogen and oxygen atoms in total. The van der Waals surface area contributed by atoms with Crippen LogP contribution in [0.15, 0.2) is 51.3 Å². The minimum absolute atomic E-state index is 0.257. The third kappa shape index (κ3) is 3.42. The van der Waals surface area contributed by atoms with Crippen LogP contribution in [-0.4, -0.2) is 11.2 Å². The van der Waals surface area contributed by atoms with Gasteiger partial charge < -0.3 is 5.32 Å². The highest BCUT2D eigenvalue weighted by molar-refractivity contribution is 9.10. The van der Waals surface area contributed by atoms with E-state index in [4.69, 9.17) is 0 Å². The van der Waals surface area contributed by atoms with Gasteiger partial charge in [-0.1, -0.05) is 39.8 Å². The zero-order valence-corrected chi connectivity index (χ0v) is 15.0. The van der Waals surface area contributed by atoms with Gasteiger partial charge in [-0.15, -0.1) is 11.3 Å². The minimum atomic E-state index is 0.257. The number of fused-ring (bicyclic) bond motifs is 1. The van der Waals surface area contributed by atoms with Gasteiger partial charge in [0, 0.05) is 16.2 Å². The van der Waals surface area contributed by atoms with E-state index in [9.17, 15) is 0 Å². The molecule has 0 saturated carbocycles. The molecule has 108 valence electrons. The molecular weight excluding hydrogens is 364 g/mol. The summed E-state index contributed by atoms with van der Waals surface area (Å²) in [6.45, 7) is 2.17. The van der Waals surface area contributed by atoms with Crippen molar-refractivity contribution in [2.24, 2.45) is 0 Å². The zero-order valence-electron chi connectivity index (χ0n) is 11.8. The van der Waals surface area contributed by atoms with Crippen LogP contribution >= 0.6 is 39.0 Å². The van der Waals surface area contributed by atoms with Crippen LogP contribution in [0, 0.1) is 0 Å². The molecule has 2 aromatic carbocycles. The number of benzene rings is 2. The fourth-order valence-electron chi connectivity index (χ4n) is 2.19. The van der Waals surface area contributed by atoms with Crippen molar-refractivity contribution < 1.29 is 0 Å². The van der Waals surface area contributed by atoms with Gasteiger partial charge in [0.1, 0.15) is 0 Å². The number of nitrogens with one attached hydrogen (secondary N) is 1. The lowest BCUT2D eigenvalue weighted by Crippen LogP contribution is -2.06. The average molecular weight is 379 g/mol. The second-order valence-electron chi connectivity index (χ2n) is 4.79. The summed E-state index contributed by atoms with van der Waals surface area (Å²) in [6, 6.07) is 15.0. The Kier molecular flexibility index (Phi) is 4.52. The van der Waals surface area contributed by atoms with Gasteiger partial charge in [0.2, 0.25) is 0 Å². The van der Waals surface area contributed by atoms with Crippen LogP contribution in [0.25, 0.3) is 10.2 Å². The first-order valence-electron chi connectivity index (χ1n) is 6.62. The summed E-state index contributed by atoms with van der Waals surface area (Å²) in [7, 11) is 0. The summed E-state index contributed by atoms with van der Waals surface area (Å²) in [5, 5.41) is 3.56. The normalized spacial score (nSPS) is 12.5. The number of halogens is 1.